The highest BCUT2D eigenvalue weighted by Crippen LogP contribution is 2.47. The summed E-state index contributed by atoms with van der Waals surface area (Å²) in [4.78, 5) is 14.7. The van der Waals surface area contributed by atoms with E-state index < -0.39 is 0 Å². The van der Waals surface area contributed by atoms with Crippen molar-refractivity contribution in [1.82, 2.24) is 4.90 Å². The fourth-order valence-electron chi connectivity index (χ4n) is 4.34. The molecule has 1 aromatic carbocycles. The number of Topliss-reactive ketones (excluding diaryl/α,β-unsaturated/α-hetero) is 1. The maximum atomic E-state index is 12.2. The third kappa shape index (κ3) is 2.02. The molecule has 2 saturated heterocycles. The standard InChI is InChI=1S/C17H23NO/c1-11-6-4-5-7-14(11)15-10-13-8-9-16(18(13)3)17(15)12(2)19/h4-7,13,15-17H,8-10H2,1-3H3/t13-,15+,16+,17-/m0/s1. The molecular formula is C17H23NO. The first-order chi connectivity index (χ1) is 9.09. The second-order valence-electron chi connectivity index (χ2n) is 6.30. The maximum Gasteiger partial charge on any atom is 0.135 e. The number of benzene rings is 1. The molecule has 2 aliphatic heterocycles. The topological polar surface area (TPSA) is 20.3 Å². The molecule has 2 heterocycles. The van der Waals surface area contributed by atoms with Gasteiger partial charge in [-0.15, -0.1) is 0 Å². The Kier molecular flexibility index (Phi) is 3.22. The summed E-state index contributed by atoms with van der Waals surface area (Å²) in [5, 5.41) is 0. The Labute approximate surface area is 115 Å². The Bertz CT molecular complexity index is 496. The Morgan fingerprint density at radius 1 is 1.26 bits per heavy atom. The molecule has 2 nitrogen and oxygen atoms in total. The first-order valence-corrected chi connectivity index (χ1v) is 7.37. The van der Waals surface area contributed by atoms with Crippen molar-refractivity contribution in [3.8, 4) is 0 Å². The van der Waals surface area contributed by atoms with Crippen LogP contribution < -0.4 is 0 Å². The van der Waals surface area contributed by atoms with Crippen LogP contribution in [0.3, 0.4) is 0 Å². The molecule has 3 rings (SSSR count). The highest BCUT2D eigenvalue weighted by molar-refractivity contribution is 5.80. The van der Waals surface area contributed by atoms with Crippen molar-refractivity contribution in [3.05, 3.63) is 35.4 Å². The van der Waals surface area contributed by atoms with Gasteiger partial charge in [-0.25, -0.2) is 0 Å². The largest absolute Gasteiger partial charge is 0.300 e. The van der Waals surface area contributed by atoms with Crippen LogP contribution in [-0.2, 0) is 4.79 Å². The Morgan fingerprint density at radius 3 is 2.68 bits per heavy atom. The summed E-state index contributed by atoms with van der Waals surface area (Å²) in [7, 11) is 2.20. The van der Waals surface area contributed by atoms with Gasteiger partial charge in [-0.05, 0) is 57.2 Å². The van der Waals surface area contributed by atoms with E-state index in [-0.39, 0.29) is 5.92 Å². The second-order valence-corrected chi connectivity index (χ2v) is 6.30. The van der Waals surface area contributed by atoms with Crippen LogP contribution in [0, 0.1) is 12.8 Å². The number of carbonyl (C=O) groups excluding carboxylic acids is 1. The molecule has 0 aromatic heterocycles. The van der Waals surface area contributed by atoms with Crippen molar-refractivity contribution in [1.29, 1.82) is 0 Å². The molecule has 0 saturated carbocycles. The Morgan fingerprint density at radius 2 is 2.00 bits per heavy atom. The number of carbonyl (C=O) groups is 1. The van der Waals surface area contributed by atoms with Crippen LogP contribution >= 0.6 is 0 Å². The van der Waals surface area contributed by atoms with Gasteiger partial charge in [-0.2, -0.15) is 0 Å². The van der Waals surface area contributed by atoms with Crippen molar-refractivity contribution in [2.45, 2.75) is 51.1 Å². The molecule has 0 spiro atoms. The van der Waals surface area contributed by atoms with Crippen LogP contribution in [0.2, 0.25) is 0 Å². The smallest absolute Gasteiger partial charge is 0.135 e. The van der Waals surface area contributed by atoms with E-state index in [0.29, 0.717) is 23.8 Å². The van der Waals surface area contributed by atoms with E-state index in [1.54, 1.807) is 6.92 Å². The van der Waals surface area contributed by atoms with E-state index in [2.05, 4.69) is 43.1 Å². The van der Waals surface area contributed by atoms with E-state index in [4.69, 9.17) is 0 Å². The van der Waals surface area contributed by atoms with Crippen molar-refractivity contribution in [3.63, 3.8) is 0 Å². The molecule has 19 heavy (non-hydrogen) atoms. The van der Waals surface area contributed by atoms with Gasteiger partial charge in [0.25, 0.3) is 0 Å². The van der Waals surface area contributed by atoms with E-state index in [9.17, 15) is 4.79 Å². The number of hydrogen-bond acceptors (Lipinski definition) is 2. The number of hydrogen-bond donors (Lipinski definition) is 0. The zero-order chi connectivity index (χ0) is 13.6. The number of nitrogens with zero attached hydrogens (tertiary/aromatic N) is 1. The van der Waals surface area contributed by atoms with Gasteiger partial charge in [-0.1, -0.05) is 24.3 Å². The lowest BCUT2D eigenvalue weighted by atomic mass is 9.73. The molecule has 0 amide bonds. The predicted octanol–water partition coefficient (Wildman–Crippen LogP) is 3.15. The molecule has 0 N–H and O–H groups in total. The van der Waals surface area contributed by atoms with Crippen LogP contribution in [0.5, 0.6) is 0 Å². The molecule has 0 aliphatic carbocycles. The average molecular weight is 257 g/mol. The zero-order valence-corrected chi connectivity index (χ0v) is 12.1. The van der Waals surface area contributed by atoms with Gasteiger partial charge in [0.15, 0.2) is 0 Å². The fourth-order valence-corrected chi connectivity index (χ4v) is 4.34. The van der Waals surface area contributed by atoms with Crippen LogP contribution in [-0.4, -0.2) is 29.8 Å². The van der Waals surface area contributed by atoms with Crippen LogP contribution in [0.15, 0.2) is 24.3 Å². The molecule has 2 heteroatoms. The first-order valence-electron chi connectivity index (χ1n) is 7.37. The van der Waals surface area contributed by atoms with Gasteiger partial charge in [0.2, 0.25) is 0 Å². The summed E-state index contributed by atoms with van der Waals surface area (Å²) in [6.07, 6.45) is 3.59. The number of aryl methyl sites for hydroxylation is 1. The molecule has 102 valence electrons. The third-order valence-electron chi connectivity index (χ3n) is 5.33. The number of ketones is 1. The van der Waals surface area contributed by atoms with E-state index >= 15 is 0 Å². The molecule has 0 radical (unpaired) electrons. The minimum atomic E-state index is 0.185. The van der Waals surface area contributed by atoms with Gasteiger partial charge in [0.05, 0.1) is 0 Å². The predicted molar refractivity (Wildman–Crippen MR) is 77.3 cm³/mol. The van der Waals surface area contributed by atoms with Crippen molar-refractivity contribution in [2.75, 3.05) is 7.05 Å². The summed E-state index contributed by atoms with van der Waals surface area (Å²) in [5.41, 5.74) is 2.73. The maximum absolute atomic E-state index is 12.2. The Balaban J connectivity index is 2.01. The molecule has 2 fully saturated rings. The lowest BCUT2D eigenvalue weighted by Gasteiger charge is -2.42. The quantitative estimate of drug-likeness (QED) is 0.811. The molecule has 4 atom stereocenters. The number of fused-ring (bicyclic) bond motifs is 2. The summed E-state index contributed by atoms with van der Waals surface area (Å²) < 4.78 is 0. The summed E-state index contributed by atoms with van der Waals surface area (Å²) in [5.74, 6) is 0.975. The van der Waals surface area contributed by atoms with E-state index in [0.717, 1.165) is 6.42 Å². The average Bonchev–Trinajstić information content (AvgIpc) is 2.63. The van der Waals surface area contributed by atoms with Gasteiger partial charge >= 0.3 is 0 Å². The molecule has 1 aromatic rings. The Hall–Kier alpha value is -1.15. The second kappa shape index (κ2) is 4.75. The number of piperidine rings is 1. The van der Waals surface area contributed by atoms with Crippen LogP contribution in [0.4, 0.5) is 0 Å². The SMILES string of the molecule is CC(=O)[C@H]1[C@@H](c2ccccc2C)C[C@@H]2CC[C@H]1N2C. The van der Waals surface area contributed by atoms with Crippen molar-refractivity contribution < 1.29 is 4.79 Å². The lowest BCUT2D eigenvalue weighted by molar-refractivity contribution is -0.124. The van der Waals surface area contributed by atoms with Gasteiger partial charge < -0.3 is 0 Å². The van der Waals surface area contributed by atoms with Crippen LogP contribution in [0.1, 0.15) is 43.2 Å². The minimum absolute atomic E-state index is 0.185. The molecule has 2 aliphatic rings. The molecule has 2 bridgehead atoms. The first kappa shape index (κ1) is 12.9. The molecular weight excluding hydrogens is 234 g/mol. The third-order valence-corrected chi connectivity index (χ3v) is 5.33. The van der Waals surface area contributed by atoms with E-state index in [1.165, 1.54) is 24.0 Å². The van der Waals surface area contributed by atoms with Crippen molar-refractivity contribution >= 4 is 5.78 Å². The van der Waals surface area contributed by atoms with Gasteiger partial charge in [0.1, 0.15) is 5.78 Å². The van der Waals surface area contributed by atoms with Crippen molar-refractivity contribution in [2.24, 2.45) is 5.92 Å². The zero-order valence-electron chi connectivity index (χ0n) is 12.1. The van der Waals surface area contributed by atoms with Gasteiger partial charge in [0, 0.05) is 18.0 Å². The molecule has 0 unspecified atom stereocenters. The lowest BCUT2D eigenvalue weighted by Crippen LogP contribution is -2.48. The highest BCUT2D eigenvalue weighted by Gasteiger charge is 2.47. The number of rotatable bonds is 2. The summed E-state index contributed by atoms with van der Waals surface area (Å²) >= 11 is 0. The fraction of sp³-hybridized carbons (Fsp3) is 0.588. The van der Waals surface area contributed by atoms with Crippen LogP contribution in [0.25, 0.3) is 0 Å². The summed E-state index contributed by atoms with van der Waals surface area (Å²) in [6, 6.07) is 9.73. The van der Waals surface area contributed by atoms with Gasteiger partial charge in [-0.3, -0.25) is 9.69 Å². The normalized spacial score (nSPS) is 34.5. The summed E-state index contributed by atoms with van der Waals surface area (Å²) in [6.45, 7) is 3.95. The minimum Gasteiger partial charge on any atom is -0.300 e. The monoisotopic (exact) mass is 257 g/mol. The highest BCUT2D eigenvalue weighted by atomic mass is 16.1. The van der Waals surface area contributed by atoms with E-state index in [1.807, 2.05) is 0 Å².